The van der Waals surface area contributed by atoms with Gasteiger partial charge in [0, 0.05) is 30.2 Å². The van der Waals surface area contributed by atoms with Crippen molar-refractivity contribution in [1.82, 2.24) is 0 Å². The number of hydrogen-bond donors (Lipinski definition) is 1. The molecule has 0 spiro atoms. The number of Topliss-reactive ketones (excluding diaryl/α,β-unsaturated/α-hetero) is 1. The van der Waals surface area contributed by atoms with Gasteiger partial charge < -0.3 is 14.6 Å². The quantitative estimate of drug-likeness (QED) is 0.350. The van der Waals surface area contributed by atoms with Crippen molar-refractivity contribution in [3.63, 3.8) is 0 Å². The lowest BCUT2D eigenvalue weighted by Gasteiger charge is -2.63. The van der Waals surface area contributed by atoms with Gasteiger partial charge in [0.05, 0.1) is 0 Å². The Morgan fingerprint density at radius 1 is 1.19 bits per heavy atom. The van der Waals surface area contributed by atoms with Gasteiger partial charge in [-0.1, -0.05) is 46.2 Å². The molecule has 0 saturated heterocycles. The van der Waals surface area contributed by atoms with E-state index in [1.54, 1.807) is 19.1 Å². The van der Waals surface area contributed by atoms with Gasteiger partial charge in [0.1, 0.15) is 18.1 Å². The lowest BCUT2D eigenvalue weighted by molar-refractivity contribution is -0.202. The third-order valence-electron chi connectivity index (χ3n) is 8.47. The summed E-state index contributed by atoms with van der Waals surface area (Å²) in [6, 6.07) is 5.04. The zero-order chi connectivity index (χ0) is 23.9. The molecule has 0 bridgehead atoms. The van der Waals surface area contributed by atoms with E-state index in [2.05, 4.69) is 20.8 Å². The molecule has 1 aromatic carbocycles. The van der Waals surface area contributed by atoms with Gasteiger partial charge in [-0.05, 0) is 61.0 Å². The van der Waals surface area contributed by atoms with Crippen LogP contribution in [-0.2, 0) is 14.3 Å². The number of aldehydes is 1. The van der Waals surface area contributed by atoms with E-state index in [-0.39, 0.29) is 46.3 Å². The molecule has 32 heavy (non-hydrogen) atoms. The van der Waals surface area contributed by atoms with E-state index in [1.807, 2.05) is 6.92 Å². The molecule has 0 unspecified atom stereocenters. The van der Waals surface area contributed by atoms with Crippen LogP contribution in [0.15, 0.2) is 18.2 Å². The first-order chi connectivity index (χ1) is 14.8. The minimum Gasteiger partial charge on any atom is -0.508 e. The largest absolute Gasteiger partial charge is 0.508 e. The maximum atomic E-state index is 13.0. The fourth-order valence-corrected chi connectivity index (χ4v) is 7.21. The van der Waals surface area contributed by atoms with E-state index in [0.29, 0.717) is 24.8 Å². The summed E-state index contributed by atoms with van der Waals surface area (Å²) >= 11 is 0. The summed E-state index contributed by atoms with van der Waals surface area (Å²) < 4.78 is 5.83. The van der Waals surface area contributed by atoms with Gasteiger partial charge in [-0.15, -0.1) is 0 Å². The van der Waals surface area contributed by atoms with Crippen molar-refractivity contribution in [2.45, 2.75) is 86.2 Å². The highest BCUT2D eigenvalue weighted by Gasteiger charge is 2.62. The first-order valence-electron chi connectivity index (χ1n) is 11.8. The molecule has 0 radical (unpaired) electrons. The first-order valence-corrected chi connectivity index (χ1v) is 11.8. The van der Waals surface area contributed by atoms with Crippen LogP contribution in [-0.4, -0.2) is 29.2 Å². The number of hydrogen-bond acceptors (Lipinski definition) is 5. The number of phenols is 1. The first kappa shape index (κ1) is 24.5. The molecule has 2 saturated carbocycles. The smallest absolute Gasteiger partial charge is 0.302 e. The summed E-state index contributed by atoms with van der Waals surface area (Å²) in [5.74, 6) is -0.0711. The number of ketones is 1. The molecule has 3 rings (SSSR count). The third-order valence-corrected chi connectivity index (χ3v) is 8.47. The van der Waals surface area contributed by atoms with Crippen LogP contribution in [0.2, 0.25) is 0 Å². The third kappa shape index (κ3) is 4.35. The van der Waals surface area contributed by atoms with Crippen molar-refractivity contribution in [1.29, 1.82) is 0 Å². The van der Waals surface area contributed by atoms with Crippen molar-refractivity contribution in [3.8, 4) is 5.75 Å². The van der Waals surface area contributed by atoms with Gasteiger partial charge in [0.2, 0.25) is 0 Å². The topological polar surface area (TPSA) is 80.7 Å². The fraction of sp³-hybridized carbons (Fsp3) is 0.667. The second-order valence-corrected chi connectivity index (χ2v) is 11.3. The van der Waals surface area contributed by atoms with Crippen LogP contribution in [0.5, 0.6) is 5.75 Å². The van der Waals surface area contributed by atoms with Crippen molar-refractivity contribution in [2.75, 3.05) is 0 Å². The second kappa shape index (κ2) is 8.64. The normalized spacial score (nSPS) is 33.8. The number of aromatic hydroxyl groups is 1. The zero-order valence-corrected chi connectivity index (χ0v) is 20.4. The van der Waals surface area contributed by atoms with Crippen molar-refractivity contribution in [2.24, 2.45) is 28.1 Å². The average molecular weight is 443 g/mol. The SMILES string of the molecule is CC(=O)O[C@@H]1C[C@@](C)(C=O)[C@H](CCC(=O)c2ccc(C)c(O)c2)[C@@]2(C)CCCC(C)(C)[C@H]12. The number of carbonyl (C=O) groups excluding carboxylic acids is 3. The highest BCUT2D eigenvalue weighted by Crippen LogP contribution is 2.65. The number of carbonyl (C=O) groups is 3. The predicted octanol–water partition coefficient (Wildman–Crippen LogP) is 5.65. The van der Waals surface area contributed by atoms with Crippen LogP contribution >= 0.6 is 0 Å². The molecule has 176 valence electrons. The second-order valence-electron chi connectivity index (χ2n) is 11.3. The monoisotopic (exact) mass is 442 g/mol. The maximum absolute atomic E-state index is 13.0. The molecule has 2 aliphatic rings. The van der Waals surface area contributed by atoms with Crippen LogP contribution in [0, 0.1) is 35.0 Å². The number of fused-ring (bicyclic) bond motifs is 1. The van der Waals surface area contributed by atoms with E-state index < -0.39 is 5.41 Å². The standard InChI is InChI=1S/C27H38O5/c1-17-8-9-19(14-21(17)31)20(30)10-11-23-26(5,16-28)15-22(32-18(2)29)24-25(3,4)12-7-13-27(23,24)6/h8-9,14,16,22-24,31H,7,10-13,15H2,1-6H3/t22-,23+,24+,26+,27-/m1/s1. The summed E-state index contributed by atoms with van der Waals surface area (Å²) in [7, 11) is 0. The number of rotatable bonds is 6. The molecule has 0 amide bonds. The minimum atomic E-state index is -0.672. The van der Waals surface area contributed by atoms with Crippen LogP contribution in [0.4, 0.5) is 0 Å². The zero-order valence-electron chi connectivity index (χ0n) is 20.4. The van der Waals surface area contributed by atoms with Crippen LogP contribution in [0.3, 0.4) is 0 Å². The van der Waals surface area contributed by atoms with E-state index >= 15 is 0 Å². The van der Waals surface area contributed by atoms with Gasteiger partial charge in [-0.3, -0.25) is 9.59 Å². The Hall–Kier alpha value is -2.17. The van der Waals surface area contributed by atoms with Gasteiger partial charge in [-0.25, -0.2) is 0 Å². The highest BCUT2D eigenvalue weighted by atomic mass is 16.5. The van der Waals surface area contributed by atoms with Crippen molar-refractivity contribution >= 4 is 18.0 Å². The lowest BCUT2D eigenvalue weighted by atomic mass is 9.42. The summed E-state index contributed by atoms with van der Waals surface area (Å²) in [6.45, 7) is 11.9. The molecule has 1 aromatic rings. The van der Waals surface area contributed by atoms with Gasteiger partial charge in [-0.2, -0.15) is 0 Å². The molecular weight excluding hydrogens is 404 g/mol. The van der Waals surface area contributed by atoms with Crippen LogP contribution in [0.25, 0.3) is 0 Å². The van der Waals surface area contributed by atoms with E-state index in [0.717, 1.165) is 31.1 Å². The van der Waals surface area contributed by atoms with Gasteiger partial charge in [0.25, 0.3) is 0 Å². The molecule has 2 aliphatic carbocycles. The molecule has 5 nitrogen and oxygen atoms in total. The fourth-order valence-electron chi connectivity index (χ4n) is 7.21. The number of aryl methyl sites for hydroxylation is 1. The van der Waals surface area contributed by atoms with Gasteiger partial charge >= 0.3 is 5.97 Å². The summed E-state index contributed by atoms with van der Waals surface area (Å²) in [4.78, 5) is 37.4. The molecule has 2 fully saturated rings. The summed E-state index contributed by atoms with van der Waals surface area (Å²) in [5, 5.41) is 10.0. The summed E-state index contributed by atoms with van der Waals surface area (Å²) in [6.07, 6.45) is 5.19. The van der Waals surface area contributed by atoms with E-state index in [4.69, 9.17) is 4.74 Å². The molecule has 0 heterocycles. The predicted molar refractivity (Wildman–Crippen MR) is 123 cm³/mol. The Morgan fingerprint density at radius 2 is 1.88 bits per heavy atom. The molecule has 5 heteroatoms. The molecule has 5 atom stereocenters. The number of benzene rings is 1. The Labute approximate surface area is 191 Å². The lowest BCUT2D eigenvalue weighted by Crippen LogP contribution is -2.61. The molecule has 1 N–H and O–H groups in total. The Morgan fingerprint density at radius 3 is 2.47 bits per heavy atom. The number of ether oxygens (including phenoxy) is 1. The Balaban J connectivity index is 1.93. The van der Waals surface area contributed by atoms with Crippen molar-refractivity contribution < 1.29 is 24.2 Å². The highest BCUT2D eigenvalue weighted by molar-refractivity contribution is 5.96. The average Bonchev–Trinajstić information content (AvgIpc) is 2.68. The molecule has 0 aromatic heterocycles. The number of esters is 1. The Kier molecular flexibility index (Phi) is 6.61. The van der Waals surface area contributed by atoms with E-state index in [9.17, 15) is 19.5 Å². The maximum Gasteiger partial charge on any atom is 0.302 e. The van der Waals surface area contributed by atoms with E-state index in [1.165, 1.54) is 13.0 Å². The summed E-state index contributed by atoms with van der Waals surface area (Å²) in [5.41, 5.74) is 0.321. The molecular formula is C27H38O5. The van der Waals surface area contributed by atoms with Crippen molar-refractivity contribution in [3.05, 3.63) is 29.3 Å². The van der Waals surface area contributed by atoms with Gasteiger partial charge in [0.15, 0.2) is 5.78 Å². The number of phenolic OH excluding ortho intramolecular Hbond substituents is 1. The minimum absolute atomic E-state index is 0.00637. The van der Waals surface area contributed by atoms with Crippen LogP contribution in [0.1, 0.15) is 89.1 Å². The van der Waals surface area contributed by atoms with Crippen LogP contribution < -0.4 is 0 Å². The molecule has 0 aliphatic heterocycles. The Bertz CT molecular complexity index is 903.